The molecule has 1 aromatic carbocycles. The SMILES string of the molecule is O=S(=O)(Nc1ccnc(Cl)c1)c1cccc(Cl)c1. The molecule has 0 bridgehead atoms. The minimum atomic E-state index is -3.67. The summed E-state index contributed by atoms with van der Waals surface area (Å²) >= 11 is 11.4. The van der Waals surface area contributed by atoms with Gasteiger partial charge in [0.1, 0.15) is 5.15 Å². The van der Waals surface area contributed by atoms with Crippen molar-refractivity contribution in [3.63, 3.8) is 0 Å². The third-order valence-electron chi connectivity index (χ3n) is 2.09. The van der Waals surface area contributed by atoms with E-state index in [-0.39, 0.29) is 10.0 Å². The van der Waals surface area contributed by atoms with E-state index in [0.717, 1.165) is 0 Å². The molecular formula is C11H8Cl2N2O2S. The molecule has 0 aliphatic heterocycles. The quantitative estimate of drug-likeness (QED) is 0.886. The number of hydrogen-bond donors (Lipinski definition) is 1. The molecule has 0 radical (unpaired) electrons. The number of anilines is 1. The number of nitrogens with zero attached hydrogens (tertiary/aromatic N) is 1. The van der Waals surface area contributed by atoms with Crippen LogP contribution in [0.15, 0.2) is 47.5 Å². The Balaban J connectivity index is 2.33. The van der Waals surface area contributed by atoms with E-state index >= 15 is 0 Å². The van der Waals surface area contributed by atoms with Crippen LogP contribution < -0.4 is 4.72 Å². The maximum atomic E-state index is 12.0. The van der Waals surface area contributed by atoms with Crippen molar-refractivity contribution >= 4 is 38.9 Å². The van der Waals surface area contributed by atoms with Crippen LogP contribution in [0.3, 0.4) is 0 Å². The van der Waals surface area contributed by atoms with Crippen molar-refractivity contribution in [3.8, 4) is 0 Å². The zero-order chi connectivity index (χ0) is 13.2. The number of rotatable bonds is 3. The molecule has 94 valence electrons. The number of halogens is 2. The van der Waals surface area contributed by atoms with Crippen LogP contribution in [0.1, 0.15) is 0 Å². The van der Waals surface area contributed by atoms with E-state index in [4.69, 9.17) is 23.2 Å². The van der Waals surface area contributed by atoms with Gasteiger partial charge in [0, 0.05) is 11.2 Å². The fourth-order valence-electron chi connectivity index (χ4n) is 1.31. The van der Waals surface area contributed by atoms with E-state index in [9.17, 15) is 8.42 Å². The highest BCUT2D eigenvalue weighted by Gasteiger charge is 2.14. The second kappa shape index (κ2) is 5.14. The van der Waals surface area contributed by atoms with E-state index in [0.29, 0.717) is 10.7 Å². The van der Waals surface area contributed by atoms with Crippen molar-refractivity contribution in [1.29, 1.82) is 0 Å². The van der Waals surface area contributed by atoms with Crippen LogP contribution in [0.4, 0.5) is 5.69 Å². The van der Waals surface area contributed by atoms with Gasteiger partial charge in [-0.15, -0.1) is 0 Å². The lowest BCUT2D eigenvalue weighted by atomic mass is 10.4. The summed E-state index contributed by atoms with van der Waals surface area (Å²) in [6.45, 7) is 0. The minimum absolute atomic E-state index is 0.0861. The number of nitrogens with one attached hydrogen (secondary N) is 1. The molecule has 0 amide bonds. The first-order chi connectivity index (χ1) is 8.47. The van der Waals surface area contributed by atoms with Crippen molar-refractivity contribution in [3.05, 3.63) is 52.8 Å². The molecule has 1 aromatic heterocycles. The van der Waals surface area contributed by atoms with Crippen molar-refractivity contribution in [2.24, 2.45) is 0 Å². The lowest BCUT2D eigenvalue weighted by Gasteiger charge is -2.08. The maximum Gasteiger partial charge on any atom is 0.261 e. The molecule has 1 heterocycles. The summed E-state index contributed by atoms with van der Waals surface area (Å²) in [5, 5.41) is 0.562. The Morgan fingerprint density at radius 3 is 2.56 bits per heavy atom. The van der Waals surface area contributed by atoms with Crippen molar-refractivity contribution < 1.29 is 8.42 Å². The van der Waals surface area contributed by atoms with Crippen LogP contribution in [0.2, 0.25) is 10.2 Å². The van der Waals surface area contributed by atoms with Gasteiger partial charge in [-0.1, -0.05) is 29.3 Å². The topological polar surface area (TPSA) is 59.1 Å². The Morgan fingerprint density at radius 2 is 1.89 bits per heavy atom. The van der Waals surface area contributed by atoms with E-state index in [1.54, 1.807) is 12.1 Å². The zero-order valence-electron chi connectivity index (χ0n) is 8.97. The Labute approximate surface area is 115 Å². The van der Waals surface area contributed by atoms with Crippen LogP contribution in [0, 0.1) is 0 Å². The van der Waals surface area contributed by atoms with E-state index < -0.39 is 10.0 Å². The molecule has 0 saturated heterocycles. The summed E-state index contributed by atoms with van der Waals surface area (Å²) in [4.78, 5) is 3.85. The molecule has 4 nitrogen and oxygen atoms in total. The van der Waals surface area contributed by atoms with Gasteiger partial charge in [0.15, 0.2) is 0 Å². The predicted octanol–water partition coefficient (Wildman–Crippen LogP) is 3.19. The number of pyridine rings is 1. The second-order valence-electron chi connectivity index (χ2n) is 3.43. The fraction of sp³-hybridized carbons (Fsp3) is 0. The lowest BCUT2D eigenvalue weighted by Crippen LogP contribution is -2.12. The molecule has 0 aliphatic rings. The highest BCUT2D eigenvalue weighted by Crippen LogP contribution is 2.20. The van der Waals surface area contributed by atoms with E-state index in [1.807, 2.05) is 0 Å². The fourth-order valence-corrected chi connectivity index (χ4v) is 2.84. The summed E-state index contributed by atoms with van der Waals surface area (Å²) < 4.78 is 26.5. The first-order valence-corrected chi connectivity index (χ1v) is 7.11. The molecule has 0 atom stereocenters. The largest absolute Gasteiger partial charge is 0.279 e. The summed E-state index contributed by atoms with van der Waals surface area (Å²) in [5.41, 5.74) is 0.343. The van der Waals surface area contributed by atoms with Gasteiger partial charge in [-0.3, -0.25) is 4.72 Å². The van der Waals surface area contributed by atoms with Crippen LogP contribution >= 0.6 is 23.2 Å². The molecule has 18 heavy (non-hydrogen) atoms. The first kappa shape index (κ1) is 13.1. The molecule has 0 fully saturated rings. The molecule has 1 N–H and O–H groups in total. The molecule has 2 aromatic rings. The van der Waals surface area contributed by atoms with Gasteiger partial charge in [-0.25, -0.2) is 13.4 Å². The Bertz CT molecular complexity index is 674. The van der Waals surface area contributed by atoms with Crippen molar-refractivity contribution in [2.75, 3.05) is 4.72 Å². The third kappa shape index (κ3) is 3.13. The van der Waals surface area contributed by atoms with Crippen LogP contribution in [0.25, 0.3) is 0 Å². The van der Waals surface area contributed by atoms with Crippen molar-refractivity contribution in [2.45, 2.75) is 4.90 Å². The van der Waals surface area contributed by atoms with Gasteiger partial charge in [0.25, 0.3) is 10.0 Å². The van der Waals surface area contributed by atoms with E-state index in [2.05, 4.69) is 9.71 Å². The number of aromatic nitrogens is 1. The van der Waals surface area contributed by atoms with E-state index in [1.165, 1.54) is 30.5 Å². The van der Waals surface area contributed by atoms with Crippen LogP contribution in [-0.2, 0) is 10.0 Å². The Kier molecular flexibility index (Phi) is 3.75. The first-order valence-electron chi connectivity index (χ1n) is 4.87. The molecule has 0 unspecified atom stereocenters. The van der Waals surface area contributed by atoms with Gasteiger partial charge in [0.05, 0.1) is 10.6 Å². The standard InChI is InChI=1S/C11H8Cl2N2O2S/c12-8-2-1-3-10(6-8)18(16,17)15-9-4-5-14-11(13)7-9/h1-7H,(H,14,15). The van der Waals surface area contributed by atoms with Crippen molar-refractivity contribution in [1.82, 2.24) is 4.98 Å². The zero-order valence-corrected chi connectivity index (χ0v) is 11.3. The van der Waals surface area contributed by atoms with Gasteiger partial charge in [-0.05, 0) is 30.3 Å². The Morgan fingerprint density at radius 1 is 1.11 bits per heavy atom. The second-order valence-corrected chi connectivity index (χ2v) is 5.94. The summed E-state index contributed by atoms with van der Waals surface area (Å²) in [7, 11) is -3.67. The normalized spacial score (nSPS) is 11.2. The van der Waals surface area contributed by atoms with Crippen LogP contribution in [0.5, 0.6) is 0 Å². The predicted molar refractivity (Wildman–Crippen MR) is 71.5 cm³/mol. The molecule has 0 saturated carbocycles. The molecular weight excluding hydrogens is 295 g/mol. The number of benzene rings is 1. The average molecular weight is 303 g/mol. The highest BCUT2D eigenvalue weighted by molar-refractivity contribution is 7.92. The molecule has 2 rings (SSSR count). The third-order valence-corrected chi connectivity index (χ3v) is 3.91. The molecule has 0 aliphatic carbocycles. The number of sulfonamides is 1. The minimum Gasteiger partial charge on any atom is -0.279 e. The lowest BCUT2D eigenvalue weighted by molar-refractivity contribution is 0.601. The maximum absolute atomic E-state index is 12.0. The molecule has 0 spiro atoms. The van der Waals surface area contributed by atoms with Gasteiger partial charge < -0.3 is 0 Å². The average Bonchev–Trinajstić information content (AvgIpc) is 2.28. The summed E-state index contributed by atoms with van der Waals surface area (Å²) in [6, 6.07) is 8.92. The van der Waals surface area contributed by atoms with Gasteiger partial charge >= 0.3 is 0 Å². The monoisotopic (exact) mass is 302 g/mol. The summed E-state index contributed by atoms with van der Waals surface area (Å²) in [6.07, 6.45) is 1.41. The Hall–Kier alpha value is -1.30. The highest BCUT2D eigenvalue weighted by atomic mass is 35.5. The molecule has 7 heteroatoms. The van der Waals surface area contributed by atoms with Gasteiger partial charge in [-0.2, -0.15) is 0 Å². The van der Waals surface area contributed by atoms with Crippen LogP contribution in [-0.4, -0.2) is 13.4 Å². The van der Waals surface area contributed by atoms with Gasteiger partial charge in [0.2, 0.25) is 0 Å². The smallest absolute Gasteiger partial charge is 0.261 e. The number of hydrogen-bond acceptors (Lipinski definition) is 3. The summed E-state index contributed by atoms with van der Waals surface area (Å²) in [5.74, 6) is 0.